The van der Waals surface area contributed by atoms with Gasteiger partial charge in [-0.3, -0.25) is 4.79 Å². The lowest BCUT2D eigenvalue weighted by molar-refractivity contribution is -0.155. The topological polar surface area (TPSA) is 65.1 Å². The van der Waals surface area contributed by atoms with Crippen LogP contribution in [0.4, 0.5) is 0 Å². The van der Waals surface area contributed by atoms with Crippen molar-refractivity contribution >= 4 is 18.0 Å². The number of hydrogen-bond acceptors (Lipinski definition) is 5. The van der Waals surface area contributed by atoms with Crippen molar-refractivity contribution in [1.29, 1.82) is 0 Å². The van der Waals surface area contributed by atoms with Crippen molar-refractivity contribution in [2.45, 2.75) is 26.0 Å². The summed E-state index contributed by atoms with van der Waals surface area (Å²) in [7, 11) is 0. The third-order valence-corrected chi connectivity index (χ3v) is 4.89. The summed E-state index contributed by atoms with van der Waals surface area (Å²) < 4.78 is 15.9. The van der Waals surface area contributed by atoms with E-state index in [1.165, 1.54) is 11.6 Å². The lowest BCUT2D eigenvalue weighted by atomic mass is 9.99. The number of carbonyl (C=O) groups excluding carboxylic acids is 2. The number of fused-ring (bicyclic) bond motifs is 2. The summed E-state index contributed by atoms with van der Waals surface area (Å²) >= 11 is 0. The fraction of sp³-hybridized carbons (Fsp3) is 0.273. The first-order chi connectivity index (χ1) is 13.6. The van der Waals surface area contributed by atoms with Gasteiger partial charge in [0.1, 0.15) is 0 Å². The van der Waals surface area contributed by atoms with Crippen LogP contribution in [0.25, 0.3) is 6.08 Å². The van der Waals surface area contributed by atoms with Crippen LogP contribution >= 0.6 is 0 Å². The molecule has 0 N–H and O–H groups in total. The standard InChI is InChI=1S/C22H21NO5/c1-15(22(25)23-11-10-17-4-2-3-5-18(17)13-23)28-21(24)9-7-16-6-8-19-20(12-16)27-14-26-19/h2-9,12,15H,10-11,13-14H2,1H3/b9-7+/t15-/m0/s1. The fourth-order valence-corrected chi connectivity index (χ4v) is 3.39. The quantitative estimate of drug-likeness (QED) is 0.604. The smallest absolute Gasteiger partial charge is 0.331 e. The molecular weight excluding hydrogens is 358 g/mol. The second kappa shape index (κ2) is 7.76. The van der Waals surface area contributed by atoms with Crippen molar-refractivity contribution in [3.05, 3.63) is 65.2 Å². The third-order valence-electron chi connectivity index (χ3n) is 4.89. The minimum Gasteiger partial charge on any atom is -0.454 e. The third kappa shape index (κ3) is 3.86. The van der Waals surface area contributed by atoms with Gasteiger partial charge in [0.05, 0.1) is 0 Å². The zero-order chi connectivity index (χ0) is 19.5. The summed E-state index contributed by atoms with van der Waals surface area (Å²) in [6, 6.07) is 13.5. The van der Waals surface area contributed by atoms with Crippen molar-refractivity contribution in [3.63, 3.8) is 0 Å². The molecule has 6 nitrogen and oxygen atoms in total. The minimum atomic E-state index is -0.834. The molecule has 0 aliphatic carbocycles. The Kier molecular flexibility index (Phi) is 5.02. The SMILES string of the molecule is C[C@H](OC(=O)/C=C/c1ccc2c(c1)OCO2)C(=O)N1CCc2ccccc2C1. The number of carbonyl (C=O) groups is 2. The molecule has 0 bridgehead atoms. The molecule has 2 aliphatic rings. The molecule has 0 spiro atoms. The van der Waals surface area contributed by atoms with Crippen molar-refractivity contribution in [3.8, 4) is 11.5 Å². The summed E-state index contributed by atoms with van der Waals surface area (Å²) in [6.07, 6.45) is 2.91. The number of nitrogens with zero attached hydrogens (tertiary/aromatic N) is 1. The number of rotatable bonds is 4. The van der Waals surface area contributed by atoms with Gasteiger partial charge in [0.15, 0.2) is 17.6 Å². The number of benzene rings is 2. The van der Waals surface area contributed by atoms with Gasteiger partial charge in [0.2, 0.25) is 6.79 Å². The van der Waals surface area contributed by atoms with E-state index in [4.69, 9.17) is 14.2 Å². The molecule has 1 atom stereocenters. The van der Waals surface area contributed by atoms with Gasteiger partial charge in [-0.2, -0.15) is 0 Å². The predicted octanol–water partition coefficient (Wildman–Crippen LogP) is 2.95. The maximum atomic E-state index is 12.6. The van der Waals surface area contributed by atoms with E-state index in [0.29, 0.717) is 24.6 Å². The first kappa shape index (κ1) is 18.1. The van der Waals surface area contributed by atoms with E-state index in [-0.39, 0.29) is 12.7 Å². The molecule has 0 unspecified atom stereocenters. The van der Waals surface area contributed by atoms with E-state index in [2.05, 4.69) is 6.07 Å². The van der Waals surface area contributed by atoms with Crippen LogP contribution in [0.15, 0.2) is 48.5 Å². The van der Waals surface area contributed by atoms with E-state index in [9.17, 15) is 9.59 Å². The molecular formula is C22H21NO5. The summed E-state index contributed by atoms with van der Waals surface area (Å²) in [5, 5.41) is 0. The summed E-state index contributed by atoms with van der Waals surface area (Å²) in [5.74, 6) is 0.585. The highest BCUT2D eigenvalue weighted by atomic mass is 16.7. The average Bonchev–Trinajstić information content (AvgIpc) is 3.19. The molecule has 0 saturated carbocycles. The Balaban J connectivity index is 1.33. The van der Waals surface area contributed by atoms with Crippen molar-refractivity contribution < 1.29 is 23.8 Å². The van der Waals surface area contributed by atoms with Gasteiger partial charge in [-0.15, -0.1) is 0 Å². The van der Waals surface area contributed by atoms with Crippen molar-refractivity contribution in [2.75, 3.05) is 13.3 Å². The zero-order valence-electron chi connectivity index (χ0n) is 15.6. The molecule has 0 fully saturated rings. The molecule has 144 valence electrons. The molecule has 6 heteroatoms. The number of amides is 1. The van der Waals surface area contributed by atoms with Gasteiger partial charge < -0.3 is 19.1 Å². The average molecular weight is 379 g/mol. The highest BCUT2D eigenvalue weighted by Gasteiger charge is 2.26. The maximum Gasteiger partial charge on any atom is 0.331 e. The summed E-state index contributed by atoms with van der Waals surface area (Å²) in [6.45, 7) is 2.98. The van der Waals surface area contributed by atoms with Gasteiger partial charge >= 0.3 is 5.97 Å². The van der Waals surface area contributed by atoms with Crippen LogP contribution in [0.3, 0.4) is 0 Å². The first-order valence-electron chi connectivity index (χ1n) is 9.24. The Labute approximate surface area is 163 Å². The molecule has 0 radical (unpaired) electrons. The van der Waals surface area contributed by atoms with Crippen LogP contribution in [-0.2, 0) is 27.3 Å². The van der Waals surface area contributed by atoms with Gasteiger partial charge in [-0.05, 0) is 48.2 Å². The second-order valence-electron chi connectivity index (χ2n) is 6.80. The largest absolute Gasteiger partial charge is 0.454 e. The van der Waals surface area contributed by atoms with E-state index < -0.39 is 12.1 Å². The Morgan fingerprint density at radius 2 is 1.89 bits per heavy atom. The second-order valence-corrected chi connectivity index (χ2v) is 6.80. The van der Waals surface area contributed by atoms with Crippen LogP contribution in [0.5, 0.6) is 11.5 Å². The van der Waals surface area contributed by atoms with Gasteiger partial charge in [0.25, 0.3) is 5.91 Å². The van der Waals surface area contributed by atoms with Crippen molar-refractivity contribution in [1.82, 2.24) is 4.90 Å². The van der Waals surface area contributed by atoms with Crippen LogP contribution in [0.2, 0.25) is 0 Å². The molecule has 28 heavy (non-hydrogen) atoms. The first-order valence-corrected chi connectivity index (χ1v) is 9.24. The van der Waals surface area contributed by atoms with Gasteiger partial charge in [0, 0.05) is 19.2 Å². The Morgan fingerprint density at radius 3 is 2.75 bits per heavy atom. The van der Waals surface area contributed by atoms with Crippen LogP contribution < -0.4 is 9.47 Å². The normalized spacial score (nSPS) is 16.0. The lowest BCUT2D eigenvalue weighted by Crippen LogP contribution is -2.42. The summed E-state index contributed by atoms with van der Waals surface area (Å²) in [4.78, 5) is 26.5. The predicted molar refractivity (Wildman–Crippen MR) is 103 cm³/mol. The van der Waals surface area contributed by atoms with Gasteiger partial charge in [-0.25, -0.2) is 4.79 Å². The molecule has 0 saturated heterocycles. The van der Waals surface area contributed by atoms with Crippen molar-refractivity contribution in [2.24, 2.45) is 0 Å². The van der Waals surface area contributed by atoms with Crippen LogP contribution in [-0.4, -0.2) is 36.2 Å². The lowest BCUT2D eigenvalue weighted by Gasteiger charge is -2.30. The molecule has 2 aromatic rings. The molecule has 2 heterocycles. The number of esters is 1. The zero-order valence-corrected chi connectivity index (χ0v) is 15.6. The van der Waals surface area contributed by atoms with E-state index in [1.807, 2.05) is 24.3 Å². The van der Waals surface area contributed by atoms with Crippen LogP contribution in [0, 0.1) is 0 Å². The van der Waals surface area contributed by atoms with Crippen LogP contribution in [0.1, 0.15) is 23.6 Å². The monoisotopic (exact) mass is 379 g/mol. The summed E-state index contributed by atoms with van der Waals surface area (Å²) in [5.41, 5.74) is 3.19. The Bertz CT molecular complexity index is 936. The maximum absolute atomic E-state index is 12.6. The number of hydrogen-bond donors (Lipinski definition) is 0. The number of ether oxygens (including phenoxy) is 3. The highest BCUT2D eigenvalue weighted by molar-refractivity contribution is 5.90. The minimum absolute atomic E-state index is 0.181. The molecule has 4 rings (SSSR count). The van der Waals surface area contributed by atoms with E-state index in [0.717, 1.165) is 17.5 Å². The van der Waals surface area contributed by atoms with E-state index >= 15 is 0 Å². The van der Waals surface area contributed by atoms with Gasteiger partial charge in [-0.1, -0.05) is 30.3 Å². The molecule has 2 aliphatic heterocycles. The Hall–Kier alpha value is -3.28. The molecule has 0 aromatic heterocycles. The molecule has 1 amide bonds. The fourth-order valence-electron chi connectivity index (χ4n) is 3.39. The Morgan fingerprint density at radius 1 is 1.11 bits per heavy atom. The highest BCUT2D eigenvalue weighted by Crippen LogP contribution is 2.32. The van der Waals surface area contributed by atoms with E-state index in [1.54, 1.807) is 30.0 Å². The molecule has 2 aromatic carbocycles.